The number of aryl methyl sites for hydroxylation is 1. The number of fused-ring (bicyclic) bond motifs is 1. The van der Waals surface area contributed by atoms with E-state index in [0.717, 1.165) is 22.3 Å². The summed E-state index contributed by atoms with van der Waals surface area (Å²) in [6.07, 6.45) is 1.18. The fourth-order valence-corrected chi connectivity index (χ4v) is 4.36. The molecule has 2 N–H and O–H groups in total. The summed E-state index contributed by atoms with van der Waals surface area (Å²) >= 11 is 0. The molecule has 0 aliphatic rings. The van der Waals surface area contributed by atoms with Crippen molar-refractivity contribution in [3.05, 3.63) is 77.9 Å². The van der Waals surface area contributed by atoms with Crippen LogP contribution in [0, 0.1) is 6.92 Å². The summed E-state index contributed by atoms with van der Waals surface area (Å²) in [6.45, 7) is 2.88. The van der Waals surface area contributed by atoms with Crippen LogP contribution in [0.5, 0.6) is 0 Å². The van der Waals surface area contributed by atoms with Crippen LogP contribution < -0.4 is 5.73 Å². The molecule has 1 aromatic heterocycles. The van der Waals surface area contributed by atoms with Crippen molar-refractivity contribution in [1.82, 2.24) is 14.5 Å². The summed E-state index contributed by atoms with van der Waals surface area (Å²) in [4.78, 5) is 19.4. The molecule has 0 saturated heterocycles. The summed E-state index contributed by atoms with van der Waals surface area (Å²) < 4.78 is 25.8. The minimum absolute atomic E-state index is 0.119. The monoisotopic (exact) mass is 462 g/mol. The molecule has 1 amide bonds. The molecular weight excluding hydrogens is 436 g/mol. The highest BCUT2D eigenvalue weighted by molar-refractivity contribution is 7.90. The van der Waals surface area contributed by atoms with E-state index in [9.17, 15) is 13.2 Å². The van der Waals surface area contributed by atoms with Gasteiger partial charge in [-0.15, -0.1) is 0 Å². The van der Waals surface area contributed by atoms with Crippen molar-refractivity contribution in [1.29, 1.82) is 0 Å². The fraction of sp³-hybridized carbons (Fsp3) is 0.200. The Morgan fingerprint density at radius 2 is 1.70 bits per heavy atom. The maximum Gasteiger partial charge on any atom is 0.253 e. The number of benzene rings is 3. The zero-order valence-electron chi connectivity index (χ0n) is 18.8. The molecule has 0 atom stereocenters. The van der Waals surface area contributed by atoms with Gasteiger partial charge in [0.25, 0.3) is 5.91 Å². The molecule has 0 spiro atoms. The van der Waals surface area contributed by atoms with E-state index >= 15 is 0 Å². The van der Waals surface area contributed by atoms with Crippen LogP contribution in [-0.4, -0.2) is 55.2 Å². The highest BCUT2D eigenvalue weighted by Gasteiger charge is 2.18. The Balaban J connectivity index is 1.89. The van der Waals surface area contributed by atoms with Gasteiger partial charge in [-0.3, -0.25) is 9.36 Å². The molecule has 4 aromatic rings. The molecule has 33 heavy (non-hydrogen) atoms. The second-order valence-corrected chi connectivity index (χ2v) is 10.1. The highest BCUT2D eigenvalue weighted by atomic mass is 32.2. The Hall–Kier alpha value is -3.49. The number of carbonyl (C=O) groups is 1. The number of amides is 1. The van der Waals surface area contributed by atoms with Crippen molar-refractivity contribution in [2.24, 2.45) is 5.73 Å². The molecule has 0 fully saturated rings. The molecule has 7 nitrogen and oxygen atoms in total. The van der Waals surface area contributed by atoms with Crippen molar-refractivity contribution in [2.75, 3.05) is 26.4 Å². The van der Waals surface area contributed by atoms with E-state index in [1.807, 2.05) is 41.8 Å². The van der Waals surface area contributed by atoms with Gasteiger partial charge in [0, 0.05) is 43.2 Å². The Labute approximate surface area is 193 Å². The number of nitrogens with two attached hydrogens (primary N) is 1. The second kappa shape index (κ2) is 8.80. The number of rotatable bonds is 6. The van der Waals surface area contributed by atoms with Gasteiger partial charge >= 0.3 is 0 Å². The van der Waals surface area contributed by atoms with Gasteiger partial charge in [-0.25, -0.2) is 13.4 Å². The molecule has 3 aromatic carbocycles. The standard InChI is InChI=1S/C25H26N4O3S/c1-17-4-9-20(10-5-17)29-23-13-8-19(25(30)28(2)15-14-26)16-22(23)27-24(29)18-6-11-21(12-7-18)33(3,31)32/h4-13,16H,14-15,26H2,1-3H3. The topological polar surface area (TPSA) is 98.3 Å². The van der Waals surface area contributed by atoms with E-state index in [1.165, 1.54) is 6.26 Å². The summed E-state index contributed by atoms with van der Waals surface area (Å²) in [5, 5.41) is 0. The van der Waals surface area contributed by atoms with E-state index in [4.69, 9.17) is 10.7 Å². The maximum absolute atomic E-state index is 12.8. The van der Waals surface area contributed by atoms with Gasteiger partial charge in [-0.05, 0) is 61.5 Å². The second-order valence-electron chi connectivity index (χ2n) is 8.12. The van der Waals surface area contributed by atoms with Crippen molar-refractivity contribution in [3.8, 4) is 17.1 Å². The zero-order valence-corrected chi connectivity index (χ0v) is 19.6. The van der Waals surface area contributed by atoms with E-state index in [0.29, 0.717) is 30.0 Å². The quantitative estimate of drug-likeness (QED) is 0.473. The minimum atomic E-state index is -3.30. The third-order valence-corrected chi connectivity index (χ3v) is 6.67. The van der Waals surface area contributed by atoms with Gasteiger partial charge in [0.2, 0.25) is 0 Å². The molecule has 170 valence electrons. The number of carbonyl (C=O) groups excluding carboxylic acids is 1. The molecule has 0 saturated carbocycles. The highest BCUT2D eigenvalue weighted by Crippen LogP contribution is 2.30. The van der Waals surface area contributed by atoms with E-state index in [1.54, 1.807) is 48.3 Å². The molecule has 0 aliphatic carbocycles. The van der Waals surface area contributed by atoms with Crippen LogP contribution in [0.4, 0.5) is 0 Å². The third kappa shape index (κ3) is 4.53. The van der Waals surface area contributed by atoms with Gasteiger partial charge in [-0.2, -0.15) is 0 Å². The van der Waals surface area contributed by atoms with E-state index in [-0.39, 0.29) is 10.8 Å². The molecule has 1 heterocycles. The third-order valence-electron chi connectivity index (χ3n) is 5.55. The van der Waals surface area contributed by atoms with Gasteiger partial charge in [-0.1, -0.05) is 17.7 Å². The zero-order chi connectivity index (χ0) is 23.8. The summed E-state index contributed by atoms with van der Waals surface area (Å²) in [7, 11) is -1.58. The lowest BCUT2D eigenvalue weighted by molar-refractivity contribution is 0.0799. The average molecular weight is 463 g/mol. The van der Waals surface area contributed by atoms with E-state index < -0.39 is 9.84 Å². The predicted octanol–water partition coefficient (Wildman–Crippen LogP) is 3.44. The lowest BCUT2D eigenvalue weighted by Crippen LogP contribution is -2.31. The first-order chi connectivity index (χ1) is 15.7. The average Bonchev–Trinajstić information content (AvgIpc) is 3.17. The molecule has 0 radical (unpaired) electrons. The molecule has 0 unspecified atom stereocenters. The van der Waals surface area contributed by atoms with Gasteiger partial charge < -0.3 is 10.6 Å². The molecule has 0 bridgehead atoms. The summed E-state index contributed by atoms with van der Waals surface area (Å²) in [5.74, 6) is 0.542. The Morgan fingerprint density at radius 1 is 1.03 bits per heavy atom. The molecule has 4 rings (SSSR count). The van der Waals surface area contributed by atoms with Crippen LogP contribution in [0.3, 0.4) is 0 Å². The van der Waals surface area contributed by atoms with E-state index in [2.05, 4.69) is 0 Å². The van der Waals surface area contributed by atoms with Crippen LogP contribution in [0.15, 0.2) is 71.6 Å². The molecule has 0 aliphatic heterocycles. The van der Waals surface area contributed by atoms with Gasteiger partial charge in [0.05, 0.1) is 15.9 Å². The first-order valence-corrected chi connectivity index (χ1v) is 12.4. The van der Waals surface area contributed by atoms with Crippen LogP contribution in [-0.2, 0) is 9.84 Å². The normalized spacial score (nSPS) is 11.6. The molecule has 8 heteroatoms. The number of aromatic nitrogens is 2. The Morgan fingerprint density at radius 3 is 2.30 bits per heavy atom. The molecular formula is C25H26N4O3S. The maximum atomic E-state index is 12.8. The van der Waals surface area contributed by atoms with Crippen molar-refractivity contribution in [2.45, 2.75) is 11.8 Å². The Kier molecular flexibility index (Phi) is 6.05. The van der Waals surface area contributed by atoms with Crippen molar-refractivity contribution < 1.29 is 13.2 Å². The Bertz CT molecular complexity index is 1420. The van der Waals surface area contributed by atoms with Crippen LogP contribution in [0.25, 0.3) is 28.1 Å². The number of sulfone groups is 1. The summed E-state index contributed by atoms with van der Waals surface area (Å²) in [5.41, 5.74) is 10.5. The SMILES string of the molecule is Cc1ccc(-n2c(-c3ccc(S(C)(=O)=O)cc3)nc3cc(C(=O)N(C)CCN)ccc32)cc1. The van der Waals surface area contributed by atoms with Gasteiger partial charge in [0.1, 0.15) is 5.82 Å². The lowest BCUT2D eigenvalue weighted by Gasteiger charge is -2.16. The minimum Gasteiger partial charge on any atom is -0.340 e. The lowest BCUT2D eigenvalue weighted by atomic mass is 10.1. The number of imidazole rings is 1. The number of nitrogens with zero attached hydrogens (tertiary/aromatic N) is 3. The number of hydrogen-bond donors (Lipinski definition) is 1. The first kappa shape index (κ1) is 22.7. The van der Waals surface area contributed by atoms with Crippen LogP contribution in [0.1, 0.15) is 15.9 Å². The van der Waals surface area contributed by atoms with Crippen molar-refractivity contribution in [3.63, 3.8) is 0 Å². The van der Waals surface area contributed by atoms with Gasteiger partial charge in [0.15, 0.2) is 9.84 Å². The predicted molar refractivity (Wildman–Crippen MR) is 130 cm³/mol. The van der Waals surface area contributed by atoms with Crippen molar-refractivity contribution >= 4 is 26.8 Å². The number of hydrogen-bond acceptors (Lipinski definition) is 5. The first-order valence-electron chi connectivity index (χ1n) is 10.5. The van der Waals surface area contributed by atoms with Crippen LogP contribution >= 0.6 is 0 Å². The smallest absolute Gasteiger partial charge is 0.253 e. The number of likely N-dealkylation sites (N-methyl/N-ethyl adjacent to an activating group) is 1. The largest absolute Gasteiger partial charge is 0.340 e. The van der Waals surface area contributed by atoms with Crippen LogP contribution in [0.2, 0.25) is 0 Å². The fourth-order valence-electron chi connectivity index (χ4n) is 3.73. The summed E-state index contributed by atoms with van der Waals surface area (Å²) in [6, 6.07) is 20.2.